The van der Waals surface area contributed by atoms with Crippen LogP contribution in [-0.2, 0) is 16.0 Å². The first-order valence-corrected chi connectivity index (χ1v) is 5.82. The highest BCUT2D eigenvalue weighted by Crippen LogP contribution is 2.32. The molecule has 90 valence electrons. The van der Waals surface area contributed by atoms with Gasteiger partial charge in [0.2, 0.25) is 6.79 Å². The summed E-state index contributed by atoms with van der Waals surface area (Å²) in [5.74, 6) is 1.11. The topological polar surface area (TPSA) is 44.8 Å². The lowest BCUT2D eigenvalue weighted by atomic mass is 10.1. The summed E-state index contributed by atoms with van der Waals surface area (Å²) in [6.45, 7) is 0.264. The van der Waals surface area contributed by atoms with Crippen LogP contribution in [0.1, 0.15) is 5.56 Å². The predicted molar refractivity (Wildman–Crippen MR) is 65.3 cm³/mol. The van der Waals surface area contributed by atoms with E-state index in [2.05, 4.69) is 20.7 Å². The SMILES string of the molecule is COC(=O)/C(Br)=C/Cc1ccc2c(c1)OCO2. The number of benzene rings is 1. The van der Waals surface area contributed by atoms with Gasteiger partial charge in [-0.15, -0.1) is 0 Å². The number of hydrogen-bond acceptors (Lipinski definition) is 4. The monoisotopic (exact) mass is 298 g/mol. The Bertz CT molecular complexity index is 468. The summed E-state index contributed by atoms with van der Waals surface area (Å²) >= 11 is 3.15. The number of esters is 1. The molecule has 0 saturated carbocycles. The molecule has 1 aromatic carbocycles. The first-order valence-electron chi connectivity index (χ1n) is 5.03. The minimum Gasteiger partial charge on any atom is -0.465 e. The molecule has 2 rings (SSSR count). The number of rotatable bonds is 3. The first kappa shape index (κ1) is 12.0. The van der Waals surface area contributed by atoms with E-state index in [0.29, 0.717) is 10.9 Å². The maximum atomic E-state index is 11.1. The molecule has 0 aliphatic carbocycles. The van der Waals surface area contributed by atoms with Gasteiger partial charge in [-0.1, -0.05) is 12.1 Å². The molecule has 0 atom stereocenters. The molecule has 0 saturated heterocycles. The number of allylic oxidation sites excluding steroid dienone is 1. The highest BCUT2D eigenvalue weighted by molar-refractivity contribution is 9.12. The summed E-state index contributed by atoms with van der Waals surface area (Å²) in [6.07, 6.45) is 2.37. The zero-order valence-corrected chi connectivity index (χ0v) is 10.8. The fraction of sp³-hybridized carbons (Fsp3) is 0.250. The Kier molecular flexibility index (Phi) is 3.68. The molecule has 1 aromatic rings. The molecule has 1 aliphatic heterocycles. The van der Waals surface area contributed by atoms with Crippen molar-refractivity contribution in [3.63, 3.8) is 0 Å². The minimum absolute atomic E-state index is 0.264. The van der Waals surface area contributed by atoms with E-state index in [-0.39, 0.29) is 12.8 Å². The lowest BCUT2D eigenvalue weighted by Gasteiger charge is -2.00. The number of methoxy groups -OCH3 is 1. The summed E-state index contributed by atoms with van der Waals surface area (Å²) in [5, 5.41) is 0. The molecule has 1 heterocycles. The quantitative estimate of drug-likeness (QED) is 0.635. The Morgan fingerprint density at radius 3 is 3.00 bits per heavy atom. The third kappa shape index (κ3) is 2.79. The van der Waals surface area contributed by atoms with Crippen LogP contribution in [0.4, 0.5) is 0 Å². The van der Waals surface area contributed by atoms with Gasteiger partial charge < -0.3 is 14.2 Å². The van der Waals surface area contributed by atoms with Crippen LogP contribution in [0.15, 0.2) is 28.8 Å². The molecular formula is C12H11BrO4. The Labute approximate surface area is 107 Å². The number of halogens is 1. The molecule has 0 N–H and O–H groups in total. The summed E-state index contributed by atoms with van der Waals surface area (Å²) in [6, 6.07) is 5.69. The maximum Gasteiger partial charge on any atom is 0.344 e. The third-order valence-corrected chi connectivity index (χ3v) is 2.98. The summed E-state index contributed by atoms with van der Waals surface area (Å²) in [4.78, 5) is 11.1. The van der Waals surface area contributed by atoms with Crippen molar-refractivity contribution >= 4 is 21.9 Å². The predicted octanol–water partition coefficient (Wildman–Crippen LogP) is 2.41. The molecule has 0 spiro atoms. The maximum absolute atomic E-state index is 11.1. The molecule has 1 aliphatic rings. The van der Waals surface area contributed by atoms with Gasteiger partial charge in [0.1, 0.15) is 0 Å². The van der Waals surface area contributed by atoms with E-state index in [1.165, 1.54) is 7.11 Å². The van der Waals surface area contributed by atoms with Crippen LogP contribution in [0, 0.1) is 0 Å². The molecular weight excluding hydrogens is 288 g/mol. The van der Waals surface area contributed by atoms with Gasteiger partial charge in [-0.3, -0.25) is 0 Å². The number of carbonyl (C=O) groups excluding carboxylic acids is 1. The van der Waals surface area contributed by atoms with Crippen LogP contribution in [0.3, 0.4) is 0 Å². The largest absolute Gasteiger partial charge is 0.465 e. The van der Waals surface area contributed by atoms with E-state index in [4.69, 9.17) is 9.47 Å². The van der Waals surface area contributed by atoms with Crippen molar-refractivity contribution in [2.24, 2.45) is 0 Å². The molecule has 17 heavy (non-hydrogen) atoms. The lowest BCUT2D eigenvalue weighted by Crippen LogP contribution is -1.99. The van der Waals surface area contributed by atoms with Crippen LogP contribution in [0.2, 0.25) is 0 Å². The number of carbonyl (C=O) groups is 1. The number of ether oxygens (including phenoxy) is 3. The zero-order chi connectivity index (χ0) is 12.3. The van der Waals surface area contributed by atoms with Gasteiger partial charge in [0.15, 0.2) is 11.5 Å². The van der Waals surface area contributed by atoms with Crippen LogP contribution in [-0.4, -0.2) is 19.9 Å². The van der Waals surface area contributed by atoms with Gasteiger partial charge in [-0.2, -0.15) is 0 Å². The summed E-state index contributed by atoms with van der Waals surface area (Å²) in [7, 11) is 1.35. The Morgan fingerprint density at radius 2 is 2.24 bits per heavy atom. The smallest absolute Gasteiger partial charge is 0.344 e. The van der Waals surface area contributed by atoms with Gasteiger partial charge in [0.05, 0.1) is 11.6 Å². The number of hydrogen-bond donors (Lipinski definition) is 0. The minimum atomic E-state index is -0.384. The van der Waals surface area contributed by atoms with Gasteiger partial charge in [-0.25, -0.2) is 4.79 Å². The van der Waals surface area contributed by atoms with E-state index < -0.39 is 0 Å². The average molecular weight is 299 g/mol. The van der Waals surface area contributed by atoms with Crippen LogP contribution >= 0.6 is 15.9 Å². The molecule has 0 unspecified atom stereocenters. The summed E-state index contributed by atoms with van der Waals surface area (Å²) in [5.41, 5.74) is 1.04. The normalized spacial score (nSPS) is 13.6. The van der Waals surface area contributed by atoms with E-state index in [9.17, 15) is 4.79 Å². The molecule has 0 radical (unpaired) electrons. The van der Waals surface area contributed by atoms with Crippen molar-refractivity contribution in [1.29, 1.82) is 0 Å². The standard InChI is InChI=1S/C12H11BrO4/c1-15-12(14)9(13)4-2-8-3-5-10-11(6-8)17-7-16-10/h3-6H,2,7H2,1H3/b9-4-. The van der Waals surface area contributed by atoms with E-state index in [1.807, 2.05) is 18.2 Å². The van der Waals surface area contributed by atoms with Crippen molar-refractivity contribution in [2.75, 3.05) is 13.9 Å². The van der Waals surface area contributed by atoms with Crippen LogP contribution < -0.4 is 9.47 Å². The Balaban J connectivity index is 2.07. The second kappa shape index (κ2) is 5.23. The Hall–Kier alpha value is -1.49. The highest BCUT2D eigenvalue weighted by Gasteiger charge is 2.13. The van der Waals surface area contributed by atoms with Gasteiger partial charge in [-0.05, 0) is 40.0 Å². The van der Waals surface area contributed by atoms with Crippen LogP contribution in [0.25, 0.3) is 0 Å². The fourth-order valence-electron chi connectivity index (χ4n) is 1.46. The van der Waals surface area contributed by atoms with E-state index in [1.54, 1.807) is 6.08 Å². The molecule has 4 nitrogen and oxygen atoms in total. The zero-order valence-electron chi connectivity index (χ0n) is 9.23. The Morgan fingerprint density at radius 1 is 1.47 bits per heavy atom. The van der Waals surface area contributed by atoms with E-state index in [0.717, 1.165) is 17.1 Å². The first-order chi connectivity index (χ1) is 8.20. The molecule has 0 bridgehead atoms. The van der Waals surface area contributed by atoms with Crippen molar-refractivity contribution in [2.45, 2.75) is 6.42 Å². The molecule has 5 heteroatoms. The van der Waals surface area contributed by atoms with Crippen molar-refractivity contribution < 1.29 is 19.0 Å². The van der Waals surface area contributed by atoms with Crippen LogP contribution in [0.5, 0.6) is 11.5 Å². The lowest BCUT2D eigenvalue weighted by molar-refractivity contribution is -0.135. The van der Waals surface area contributed by atoms with Gasteiger partial charge in [0, 0.05) is 0 Å². The fourth-order valence-corrected chi connectivity index (χ4v) is 1.78. The number of fused-ring (bicyclic) bond motifs is 1. The second-order valence-corrected chi connectivity index (χ2v) is 4.29. The van der Waals surface area contributed by atoms with Gasteiger partial charge in [0.25, 0.3) is 0 Å². The molecule has 0 aromatic heterocycles. The van der Waals surface area contributed by atoms with Crippen molar-refractivity contribution in [1.82, 2.24) is 0 Å². The third-order valence-electron chi connectivity index (χ3n) is 2.33. The van der Waals surface area contributed by atoms with Crippen molar-refractivity contribution in [3.05, 3.63) is 34.3 Å². The van der Waals surface area contributed by atoms with Gasteiger partial charge >= 0.3 is 5.97 Å². The summed E-state index contributed by atoms with van der Waals surface area (Å²) < 4.78 is 15.5. The van der Waals surface area contributed by atoms with Crippen molar-refractivity contribution in [3.8, 4) is 11.5 Å². The van der Waals surface area contributed by atoms with E-state index >= 15 is 0 Å². The highest BCUT2D eigenvalue weighted by atomic mass is 79.9. The average Bonchev–Trinajstić information content (AvgIpc) is 2.82. The molecule has 0 amide bonds. The second-order valence-electron chi connectivity index (χ2n) is 3.44. The molecule has 0 fully saturated rings.